The Morgan fingerprint density at radius 2 is 1.83 bits per heavy atom. The quantitative estimate of drug-likeness (QED) is 0.631. The Morgan fingerprint density at radius 1 is 1.10 bits per heavy atom. The van der Waals surface area contributed by atoms with Crippen molar-refractivity contribution in [2.45, 2.75) is 19.4 Å². The molecule has 2 aromatic carbocycles. The van der Waals surface area contributed by atoms with Crippen LogP contribution in [0.1, 0.15) is 39.7 Å². The highest BCUT2D eigenvalue weighted by atomic mass is 35.5. The van der Waals surface area contributed by atoms with Crippen molar-refractivity contribution in [1.29, 1.82) is 0 Å². The molecule has 29 heavy (non-hydrogen) atoms. The fourth-order valence-corrected chi connectivity index (χ4v) is 4.04. The van der Waals surface area contributed by atoms with Gasteiger partial charge in [0.05, 0.1) is 17.0 Å². The summed E-state index contributed by atoms with van der Waals surface area (Å²) in [6, 6.07) is 12.3. The summed E-state index contributed by atoms with van der Waals surface area (Å²) in [5.41, 5.74) is 2.54. The molecule has 0 bridgehead atoms. The molecule has 1 atom stereocenters. The number of carbonyl (C=O) groups excluding carboxylic acids is 1. The first kappa shape index (κ1) is 19.7. The number of nitrogens with zero attached hydrogens (tertiary/aromatic N) is 2. The molecule has 1 amide bonds. The Kier molecular flexibility index (Phi) is 5.19. The summed E-state index contributed by atoms with van der Waals surface area (Å²) in [6.45, 7) is 3.31. The van der Waals surface area contributed by atoms with E-state index in [0.29, 0.717) is 28.1 Å². The number of amides is 1. The van der Waals surface area contributed by atoms with E-state index in [2.05, 4.69) is 4.90 Å². The van der Waals surface area contributed by atoms with Gasteiger partial charge in [0.2, 0.25) is 5.76 Å². The van der Waals surface area contributed by atoms with Crippen molar-refractivity contribution in [2.24, 2.45) is 0 Å². The van der Waals surface area contributed by atoms with Crippen molar-refractivity contribution < 1.29 is 9.21 Å². The number of hydrogen-bond donors (Lipinski definition) is 0. The van der Waals surface area contributed by atoms with E-state index in [9.17, 15) is 9.59 Å². The second kappa shape index (κ2) is 7.65. The van der Waals surface area contributed by atoms with Gasteiger partial charge in [-0.05, 0) is 63.8 Å². The largest absolute Gasteiger partial charge is 0.450 e. The zero-order valence-electron chi connectivity index (χ0n) is 16.7. The first-order valence-electron chi connectivity index (χ1n) is 9.65. The van der Waals surface area contributed by atoms with E-state index in [1.807, 2.05) is 45.3 Å². The molecule has 0 saturated heterocycles. The van der Waals surface area contributed by atoms with E-state index >= 15 is 0 Å². The minimum Gasteiger partial charge on any atom is -0.450 e. The Labute approximate surface area is 174 Å². The molecular weight excluding hydrogens is 388 g/mol. The van der Waals surface area contributed by atoms with Crippen LogP contribution in [0.4, 0.5) is 0 Å². The van der Waals surface area contributed by atoms with E-state index < -0.39 is 6.04 Å². The smallest absolute Gasteiger partial charge is 0.290 e. The summed E-state index contributed by atoms with van der Waals surface area (Å²) in [5, 5.41) is 1.12. The van der Waals surface area contributed by atoms with Gasteiger partial charge in [-0.15, -0.1) is 0 Å². The second-order valence-electron chi connectivity index (χ2n) is 7.78. The van der Waals surface area contributed by atoms with Crippen LogP contribution in [0.25, 0.3) is 11.0 Å². The van der Waals surface area contributed by atoms with Gasteiger partial charge in [-0.3, -0.25) is 9.59 Å². The van der Waals surface area contributed by atoms with Gasteiger partial charge in [0.25, 0.3) is 5.91 Å². The van der Waals surface area contributed by atoms with E-state index in [-0.39, 0.29) is 17.1 Å². The molecule has 4 rings (SSSR count). The van der Waals surface area contributed by atoms with Crippen LogP contribution in [0.2, 0.25) is 5.02 Å². The fraction of sp³-hybridized carbons (Fsp3) is 0.304. The number of benzene rings is 2. The van der Waals surface area contributed by atoms with Crippen molar-refractivity contribution in [3.05, 3.63) is 80.2 Å². The Hall–Kier alpha value is -2.63. The van der Waals surface area contributed by atoms with Crippen molar-refractivity contribution in [2.75, 3.05) is 27.2 Å². The van der Waals surface area contributed by atoms with Gasteiger partial charge < -0.3 is 14.2 Å². The van der Waals surface area contributed by atoms with Crippen molar-refractivity contribution >= 4 is 28.5 Å². The topological polar surface area (TPSA) is 53.8 Å². The first-order valence-corrected chi connectivity index (χ1v) is 10.0. The standard InChI is InChI=1S/C23H23ClN2O3/c1-14-5-10-18-17(13-14)21(27)19-20(15-6-8-16(24)9-7-15)26(12-4-11-25(2)3)23(28)22(19)29-18/h5-10,13,20H,4,11-12H2,1-3H3. The number of hydrogen-bond acceptors (Lipinski definition) is 4. The van der Waals surface area contributed by atoms with E-state index in [1.165, 1.54) is 0 Å². The summed E-state index contributed by atoms with van der Waals surface area (Å²) in [5.74, 6) is -0.0885. The molecule has 0 saturated carbocycles. The predicted octanol–water partition coefficient (Wildman–Crippen LogP) is 4.25. The van der Waals surface area contributed by atoms with Crippen LogP contribution in [0.15, 0.2) is 51.7 Å². The normalized spacial score (nSPS) is 16.1. The third kappa shape index (κ3) is 3.56. The zero-order valence-corrected chi connectivity index (χ0v) is 17.5. The molecule has 0 fully saturated rings. The van der Waals surface area contributed by atoms with Crippen LogP contribution in [-0.4, -0.2) is 42.9 Å². The lowest BCUT2D eigenvalue weighted by Gasteiger charge is -2.25. The molecule has 1 aliphatic heterocycles. The second-order valence-corrected chi connectivity index (χ2v) is 8.22. The molecule has 0 radical (unpaired) electrons. The Balaban J connectivity index is 1.88. The number of aryl methyl sites for hydroxylation is 1. The molecule has 0 N–H and O–H groups in total. The molecule has 150 valence electrons. The van der Waals surface area contributed by atoms with Gasteiger partial charge in [-0.2, -0.15) is 0 Å². The minimum atomic E-state index is -0.474. The molecule has 3 aromatic rings. The van der Waals surface area contributed by atoms with Crippen molar-refractivity contribution in [3.8, 4) is 0 Å². The highest BCUT2D eigenvalue weighted by molar-refractivity contribution is 6.30. The zero-order chi connectivity index (χ0) is 20.7. The first-order chi connectivity index (χ1) is 13.9. The summed E-state index contributed by atoms with van der Waals surface area (Å²) in [6.07, 6.45) is 0.795. The van der Waals surface area contributed by atoms with Crippen LogP contribution in [-0.2, 0) is 0 Å². The third-order valence-electron chi connectivity index (χ3n) is 5.31. The predicted molar refractivity (Wildman–Crippen MR) is 115 cm³/mol. The van der Waals surface area contributed by atoms with Crippen LogP contribution >= 0.6 is 11.6 Å². The van der Waals surface area contributed by atoms with Crippen LogP contribution < -0.4 is 5.43 Å². The highest BCUT2D eigenvalue weighted by Gasteiger charge is 2.42. The molecule has 1 aromatic heterocycles. The third-order valence-corrected chi connectivity index (χ3v) is 5.56. The Bertz CT molecular complexity index is 1140. The van der Waals surface area contributed by atoms with Crippen LogP contribution in [0.3, 0.4) is 0 Å². The van der Waals surface area contributed by atoms with Gasteiger partial charge in [0.1, 0.15) is 5.58 Å². The van der Waals surface area contributed by atoms with Gasteiger partial charge in [0.15, 0.2) is 5.43 Å². The summed E-state index contributed by atoms with van der Waals surface area (Å²) in [7, 11) is 3.99. The molecule has 0 aliphatic carbocycles. The average Bonchev–Trinajstić information content (AvgIpc) is 2.95. The average molecular weight is 411 g/mol. The molecule has 1 unspecified atom stereocenters. The van der Waals surface area contributed by atoms with E-state index in [1.54, 1.807) is 23.1 Å². The number of carbonyl (C=O) groups is 1. The lowest BCUT2D eigenvalue weighted by Crippen LogP contribution is -2.32. The van der Waals surface area contributed by atoms with Gasteiger partial charge in [0, 0.05) is 11.6 Å². The number of halogens is 1. The monoisotopic (exact) mass is 410 g/mol. The van der Waals surface area contributed by atoms with Gasteiger partial charge >= 0.3 is 0 Å². The highest BCUT2D eigenvalue weighted by Crippen LogP contribution is 2.38. The molecule has 0 spiro atoms. The van der Waals surface area contributed by atoms with E-state index in [0.717, 1.165) is 24.1 Å². The maximum absolute atomic E-state index is 13.4. The van der Waals surface area contributed by atoms with E-state index in [4.69, 9.17) is 16.0 Å². The van der Waals surface area contributed by atoms with Crippen LogP contribution in [0.5, 0.6) is 0 Å². The Morgan fingerprint density at radius 3 is 2.52 bits per heavy atom. The van der Waals surface area contributed by atoms with Crippen LogP contribution in [0, 0.1) is 6.92 Å². The lowest BCUT2D eigenvalue weighted by molar-refractivity contribution is 0.0722. The van der Waals surface area contributed by atoms with Gasteiger partial charge in [-0.25, -0.2) is 0 Å². The maximum atomic E-state index is 13.4. The minimum absolute atomic E-state index is 0.145. The maximum Gasteiger partial charge on any atom is 0.290 e. The van der Waals surface area contributed by atoms with Crippen molar-refractivity contribution in [1.82, 2.24) is 9.80 Å². The number of fused-ring (bicyclic) bond motifs is 2. The molecule has 5 nitrogen and oxygen atoms in total. The van der Waals surface area contributed by atoms with Crippen molar-refractivity contribution in [3.63, 3.8) is 0 Å². The lowest BCUT2D eigenvalue weighted by atomic mass is 9.98. The van der Waals surface area contributed by atoms with Gasteiger partial charge in [-0.1, -0.05) is 35.4 Å². The molecule has 1 aliphatic rings. The molecule has 2 heterocycles. The summed E-state index contributed by atoms with van der Waals surface area (Å²) < 4.78 is 5.96. The summed E-state index contributed by atoms with van der Waals surface area (Å²) in [4.78, 5) is 30.5. The molecular formula is C23H23ClN2O3. The molecule has 6 heteroatoms. The fourth-order valence-electron chi connectivity index (χ4n) is 3.91. The SMILES string of the molecule is Cc1ccc2oc3c(c(=O)c2c1)C(c1ccc(Cl)cc1)N(CCCN(C)C)C3=O. The number of rotatable bonds is 5. The summed E-state index contributed by atoms with van der Waals surface area (Å²) >= 11 is 6.06.